The first-order chi connectivity index (χ1) is 9.65. The van der Waals surface area contributed by atoms with Gasteiger partial charge in [0.05, 0.1) is 21.4 Å². The number of hydrogen-bond acceptors (Lipinski definition) is 3. The topological polar surface area (TPSA) is 67.6 Å². The van der Waals surface area contributed by atoms with Crippen molar-refractivity contribution >= 4 is 29.2 Å². The zero-order valence-corrected chi connectivity index (χ0v) is 11.8. The average molecular weight is 305 g/mol. The van der Waals surface area contributed by atoms with E-state index in [1.165, 1.54) is 0 Å². The number of rotatable bonds is 2. The van der Waals surface area contributed by atoms with E-state index in [0.717, 1.165) is 22.6 Å². The largest absolute Gasteiger partial charge is 0.368 e. The van der Waals surface area contributed by atoms with Crippen LogP contribution in [-0.4, -0.2) is 15.0 Å². The molecule has 0 radical (unpaired) electrons. The van der Waals surface area contributed by atoms with Crippen molar-refractivity contribution in [2.24, 2.45) is 0 Å². The highest BCUT2D eigenvalue weighted by molar-refractivity contribution is 6.43. The quantitative estimate of drug-likeness (QED) is 0.751. The Labute approximate surface area is 125 Å². The van der Waals surface area contributed by atoms with E-state index in [9.17, 15) is 0 Å². The number of nitrogen functional groups attached to an aromatic ring is 1. The van der Waals surface area contributed by atoms with E-state index in [4.69, 9.17) is 28.9 Å². The van der Waals surface area contributed by atoms with Crippen molar-refractivity contribution in [2.75, 3.05) is 5.73 Å². The smallest absolute Gasteiger partial charge is 0.220 e. The lowest BCUT2D eigenvalue weighted by molar-refractivity contribution is 1.18. The number of hydrogen-bond donors (Lipinski definition) is 2. The van der Waals surface area contributed by atoms with E-state index < -0.39 is 0 Å². The molecule has 2 heterocycles. The highest BCUT2D eigenvalue weighted by atomic mass is 35.5. The number of aromatic amines is 1. The molecule has 0 fully saturated rings. The Balaban J connectivity index is 2.04. The Morgan fingerprint density at radius 2 is 1.80 bits per heavy atom. The first-order valence-electron chi connectivity index (χ1n) is 5.87. The standard InChI is InChI=1S/C14H10Cl2N4/c15-9-3-1-2-8(13(9)16)10-4-5-11(19-10)12-6-7-18-14(17)20-12/h1-7,19H,(H2,17,18,20). The molecule has 1 aromatic carbocycles. The minimum atomic E-state index is 0.236. The molecule has 0 atom stereocenters. The monoisotopic (exact) mass is 304 g/mol. The van der Waals surface area contributed by atoms with Crippen LogP contribution in [0, 0.1) is 0 Å². The molecule has 3 rings (SSSR count). The molecule has 0 aliphatic carbocycles. The number of H-pyrrole nitrogens is 1. The average Bonchev–Trinajstić information content (AvgIpc) is 2.91. The highest BCUT2D eigenvalue weighted by Crippen LogP contribution is 2.33. The molecule has 20 heavy (non-hydrogen) atoms. The third kappa shape index (κ3) is 2.35. The summed E-state index contributed by atoms with van der Waals surface area (Å²) in [5.74, 6) is 0.236. The van der Waals surface area contributed by atoms with Gasteiger partial charge in [0.15, 0.2) is 0 Å². The van der Waals surface area contributed by atoms with E-state index in [2.05, 4.69) is 15.0 Å². The lowest BCUT2D eigenvalue weighted by Gasteiger charge is -2.03. The van der Waals surface area contributed by atoms with Crippen LogP contribution in [0.15, 0.2) is 42.6 Å². The van der Waals surface area contributed by atoms with Crippen LogP contribution in [0.3, 0.4) is 0 Å². The second-order valence-electron chi connectivity index (χ2n) is 4.19. The van der Waals surface area contributed by atoms with Gasteiger partial charge in [-0.1, -0.05) is 35.3 Å². The van der Waals surface area contributed by atoms with Gasteiger partial charge in [0.1, 0.15) is 0 Å². The Hall–Kier alpha value is -2.04. The summed E-state index contributed by atoms with van der Waals surface area (Å²) in [6.45, 7) is 0. The van der Waals surface area contributed by atoms with E-state index >= 15 is 0 Å². The maximum absolute atomic E-state index is 6.21. The number of nitrogens with zero attached hydrogens (tertiary/aromatic N) is 2. The van der Waals surface area contributed by atoms with E-state index in [1.807, 2.05) is 24.3 Å². The molecule has 6 heteroatoms. The molecule has 4 nitrogen and oxygen atoms in total. The van der Waals surface area contributed by atoms with Crippen LogP contribution in [0.25, 0.3) is 22.6 Å². The van der Waals surface area contributed by atoms with Crippen molar-refractivity contribution in [3.63, 3.8) is 0 Å². The maximum Gasteiger partial charge on any atom is 0.220 e. The molecular formula is C14H10Cl2N4. The lowest BCUT2D eigenvalue weighted by Crippen LogP contribution is -1.95. The van der Waals surface area contributed by atoms with Crippen LogP contribution in [0.1, 0.15) is 0 Å². The second kappa shape index (κ2) is 5.15. The zero-order chi connectivity index (χ0) is 14.1. The van der Waals surface area contributed by atoms with Crippen molar-refractivity contribution < 1.29 is 0 Å². The van der Waals surface area contributed by atoms with Crippen molar-refractivity contribution in [3.8, 4) is 22.6 Å². The van der Waals surface area contributed by atoms with E-state index in [0.29, 0.717) is 10.0 Å². The van der Waals surface area contributed by atoms with Crippen LogP contribution in [-0.2, 0) is 0 Å². The maximum atomic E-state index is 6.21. The van der Waals surface area contributed by atoms with Gasteiger partial charge in [-0.2, -0.15) is 0 Å². The highest BCUT2D eigenvalue weighted by Gasteiger charge is 2.10. The Kier molecular flexibility index (Phi) is 3.34. The Bertz CT molecular complexity index is 767. The molecule has 0 bridgehead atoms. The first-order valence-corrected chi connectivity index (χ1v) is 6.63. The van der Waals surface area contributed by atoms with Gasteiger partial charge in [-0.25, -0.2) is 9.97 Å². The summed E-state index contributed by atoms with van der Waals surface area (Å²) >= 11 is 12.2. The molecule has 0 saturated heterocycles. The number of anilines is 1. The number of nitrogens with two attached hydrogens (primary N) is 1. The predicted octanol–water partition coefficient (Wildman–Crippen LogP) is 4.03. The molecule has 0 aliphatic rings. The number of benzene rings is 1. The molecule has 0 saturated carbocycles. The summed E-state index contributed by atoms with van der Waals surface area (Å²) in [7, 11) is 0. The lowest BCUT2D eigenvalue weighted by atomic mass is 10.1. The summed E-state index contributed by atoms with van der Waals surface area (Å²) in [5, 5.41) is 1.04. The van der Waals surface area contributed by atoms with Gasteiger partial charge in [-0.05, 0) is 24.3 Å². The summed E-state index contributed by atoms with van der Waals surface area (Å²) in [5.41, 5.74) is 8.85. The minimum Gasteiger partial charge on any atom is -0.368 e. The fourth-order valence-corrected chi connectivity index (χ4v) is 2.34. The fourth-order valence-electron chi connectivity index (χ4n) is 1.94. The molecular weight excluding hydrogens is 295 g/mol. The fraction of sp³-hybridized carbons (Fsp3) is 0. The van der Waals surface area contributed by atoms with E-state index in [1.54, 1.807) is 18.3 Å². The Morgan fingerprint density at radius 1 is 1.00 bits per heavy atom. The molecule has 0 amide bonds. The van der Waals surface area contributed by atoms with Gasteiger partial charge in [0.25, 0.3) is 0 Å². The molecule has 0 aliphatic heterocycles. The van der Waals surface area contributed by atoms with Crippen LogP contribution >= 0.6 is 23.2 Å². The van der Waals surface area contributed by atoms with Gasteiger partial charge < -0.3 is 10.7 Å². The second-order valence-corrected chi connectivity index (χ2v) is 4.97. The Morgan fingerprint density at radius 3 is 2.60 bits per heavy atom. The molecule has 100 valence electrons. The summed E-state index contributed by atoms with van der Waals surface area (Å²) in [6.07, 6.45) is 1.62. The number of nitrogens with one attached hydrogen (secondary N) is 1. The molecule has 3 N–H and O–H groups in total. The summed E-state index contributed by atoms with van der Waals surface area (Å²) in [4.78, 5) is 11.3. The summed E-state index contributed by atoms with van der Waals surface area (Å²) < 4.78 is 0. The number of halogens is 2. The molecule has 2 aromatic heterocycles. The van der Waals surface area contributed by atoms with Gasteiger partial charge >= 0.3 is 0 Å². The van der Waals surface area contributed by atoms with Crippen molar-refractivity contribution in [3.05, 3.63) is 52.6 Å². The third-order valence-corrected chi connectivity index (χ3v) is 3.70. The van der Waals surface area contributed by atoms with Gasteiger partial charge in [-0.3, -0.25) is 0 Å². The molecule has 0 unspecified atom stereocenters. The summed E-state index contributed by atoms with van der Waals surface area (Å²) in [6, 6.07) is 11.1. The predicted molar refractivity (Wildman–Crippen MR) is 81.7 cm³/mol. The molecule has 3 aromatic rings. The van der Waals surface area contributed by atoms with Gasteiger partial charge in [0.2, 0.25) is 5.95 Å². The van der Waals surface area contributed by atoms with E-state index in [-0.39, 0.29) is 5.95 Å². The SMILES string of the molecule is Nc1nccc(-c2ccc(-c3cccc(Cl)c3Cl)[nH]2)n1. The number of aromatic nitrogens is 3. The van der Waals surface area contributed by atoms with Gasteiger partial charge in [0, 0.05) is 17.5 Å². The normalized spacial score (nSPS) is 10.7. The first kappa shape index (κ1) is 13.0. The van der Waals surface area contributed by atoms with Gasteiger partial charge in [-0.15, -0.1) is 0 Å². The van der Waals surface area contributed by atoms with Crippen LogP contribution in [0.4, 0.5) is 5.95 Å². The van der Waals surface area contributed by atoms with Crippen molar-refractivity contribution in [1.29, 1.82) is 0 Å². The van der Waals surface area contributed by atoms with Crippen molar-refractivity contribution in [2.45, 2.75) is 0 Å². The van der Waals surface area contributed by atoms with Crippen LogP contribution in [0.2, 0.25) is 10.0 Å². The zero-order valence-electron chi connectivity index (χ0n) is 10.3. The van der Waals surface area contributed by atoms with Crippen LogP contribution in [0.5, 0.6) is 0 Å². The minimum absolute atomic E-state index is 0.236. The van der Waals surface area contributed by atoms with Crippen molar-refractivity contribution in [1.82, 2.24) is 15.0 Å². The molecule has 0 spiro atoms. The third-order valence-electron chi connectivity index (χ3n) is 2.88. The van der Waals surface area contributed by atoms with Crippen LogP contribution < -0.4 is 5.73 Å².